The second kappa shape index (κ2) is 8.31. The van der Waals surface area contributed by atoms with Gasteiger partial charge in [0.1, 0.15) is 0 Å². The third kappa shape index (κ3) is 4.09. The fourth-order valence-electron chi connectivity index (χ4n) is 3.52. The van der Waals surface area contributed by atoms with Crippen LogP contribution in [0.25, 0.3) is 11.3 Å². The molecule has 1 aromatic heterocycles. The van der Waals surface area contributed by atoms with Gasteiger partial charge in [0.05, 0.1) is 17.7 Å². The van der Waals surface area contributed by atoms with Crippen LogP contribution in [0.1, 0.15) is 24.9 Å². The summed E-state index contributed by atoms with van der Waals surface area (Å²) >= 11 is 1.19. The highest BCUT2D eigenvalue weighted by atomic mass is 32.1. The third-order valence-corrected chi connectivity index (χ3v) is 5.99. The number of carbonyl (C=O) groups is 2. The third-order valence-electron chi connectivity index (χ3n) is 5.23. The number of anilines is 1. The van der Waals surface area contributed by atoms with E-state index in [1.165, 1.54) is 17.4 Å². The first kappa shape index (κ1) is 20.2. The van der Waals surface area contributed by atoms with Gasteiger partial charge in [-0.05, 0) is 30.7 Å². The average Bonchev–Trinajstić information content (AvgIpc) is 3.37. The van der Waals surface area contributed by atoms with Crippen molar-refractivity contribution in [2.24, 2.45) is 5.92 Å². The maximum absolute atomic E-state index is 13.4. The molecular weight excluding hydrogens is 408 g/mol. The lowest BCUT2D eigenvalue weighted by Crippen LogP contribution is -2.30. The second-order valence-electron chi connectivity index (χ2n) is 7.19. The largest absolute Gasteiger partial charge is 0.335 e. The Morgan fingerprint density at radius 1 is 1.20 bits per heavy atom. The van der Waals surface area contributed by atoms with E-state index in [4.69, 9.17) is 0 Å². The Morgan fingerprint density at radius 2 is 1.97 bits per heavy atom. The van der Waals surface area contributed by atoms with Crippen LogP contribution >= 0.6 is 11.3 Å². The highest BCUT2D eigenvalue weighted by Gasteiger charge is 2.37. The second-order valence-corrected chi connectivity index (χ2v) is 8.05. The molecule has 154 valence electrons. The Kier molecular flexibility index (Phi) is 5.59. The summed E-state index contributed by atoms with van der Waals surface area (Å²) in [6.07, 6.45) is 0.143. The number of nitrogens with zero attached hydrogens (tertiary/aromatic N) is 2. The van der Waals surface area contributed by atoms with E-state index in [2.05, 4.69) is 10.3 Å². The molecule has 4 rings (SSSR count). The molecule has 1 N–H and O–H groups in total. The Labute approximate surface area is 176 Å². The predicted molar refractivity (Wildman–Crippen MR) is 111 cm³/mol. The van der Waals surface area contributed by atoms with Gasteiger partial charge in [-0.15, -0.1) is 11.3 Å². The van der Waals surface area contributed by atoms with Crippen LogP contribution in [0.15, 0.2) is 53.9 Å². The molecule has 2 aromatic carbocycles. The number of thiazole rings is 1. The van der Waals surface area contributed by atoms with Crippen molar-refractivity contribution in [3.8, 4) is 11.3 Å². The quantitative estimate of drug-likeness (QED) is 0.646. The molecule has 2 heterocycles. The van der Waals surface area contributed by atoms with Crippen LogP contribution in [0, 0.1) is 17.6 Å². The molecule has 2 unspecified atom stereocenters. The molecule has 1 saturated heterocycles. The normalized spacial score (nSPS) is 17.2. The van der Waals surface area contributed by atoms with Crippen molar-refractivity contribution >= 4 is 28.3 Å². The lowest BCUT2D eigenvalue weighted by Gasteiger charge is -2.25. The minimum Gasteiger partial charge on any atom is -0.335 e. The van der Waals surface area contributed by atoms with Crippen molar-refractivity contribution in [1.29, 1.82) is 0 Å². The van der Waals surface area contributed by atoms with Crippen LogP contribution in [0.5, 0.6) is 0 Å². The molecule has 1 aliphatic heterocycles. The summed E-state index contributed by atoms with van der Waals surface area (Å²) in [5.41, 5.74) is 1.88. The van der Waals surface area contributed by atoms with Crippen LogP contribution in [-0.2, 0) is 9.59 Å². The van der Waals surface area contributed by atoms with Gasteiger partial charge in [-0.25, -0.2) is 13.8 Å². The summed E-state index contributed by atoms with van der Waals surface area (Å²) < 4.78 is 26.6. The van der Waals surface area contributed by atoms with Crippen LogP contribution in [-0.4, -0.2) is 28.2 Å². The monoisotopic (exact) mass is 427 g/mol. The fourth-order valence-corrected chi connectivity index (χ4v) is 4.24. The van der Waals surface area contributed by atoms with Crippen LogP contribution in [0.4, 0.5) is 13.9 Å². The number of hydrogen-bond acceptors (Lipinski definition) is 4. The van der Waals surface area contributed by atoms with Gasteiger partial charge >= 0.3 is 0 Å². The predicted octanol–water partition coefficient (Wildman–Crippen LogP) is 4.64. The Hall–Kier alpha value is -3.13. The molecule has 30 heavy (non-hydrogen) atoms. The molecule has 2 atom stereocenters. The van der Waals surface area contributed by atoms with Crippen molar-refractivity contribution < 1.29 is 18.4 Å². The van der Waals surface area contributed by atoms with E-state index in [1.807, 2.05) is 37.3 Å². The molecule has 2 amide bonds. The molecule has 0 aliphatic carbocycles. The van der Waals surface area contributed by atoms with Gasteiger partial charge in [-0.1, -0.05) is 30.3 Å². The number of aromatic nitrogens is 1. The first-order chi connectivity index (χ1) is 14.4. The van der Waals surface area contributed by atoms with E-state index >= 15 is 0 Å². The lowest BCUT2D eigenvalue weighted by atomic mass is 10.1. The zero-order valence-corrected chi connectivity index (χ0v) is 17.0. The topological polar surface area (TPSA) is 62.3 Å². The summed E-state index contributed by atoms with van der Waals surface area (Å²) in [6, 6.07) is 13.1. The molecule has 3 aromatic rings. The number of rotatable bonds is 5. The summed E-state index contributed by atoms with van der Waals surface area (Å²) in [7, 11) is 0. The van der Waals surface area contributed by atoms with Gasteiger partial charge in [0.25, 0.3) is 0 Å². The van der Waals surface area contributed by atoms with E-state index in [-0.39, 0.29) is 24.3 Å². The van der Waals surface area contributed by atoms with Crippen molar-refractivity contribution in [2.75, 3.05) is 11.9 Å². The summed E-state index contributed by atoms with van der Waals surface area (Å²) in [5, 5.41) is 4.75. The first-order valence-corrected chi connectivity index (χ1v) is 10.4. The minimum atomic E-state index is -0.955. The number of halogens is 2. The number of amides is 2. The minimum absolute atomic E-state index is 0.0619. The van der Waals surface area contributed by atoms with Gasteiger partial charge in [0.15, 0.2) is 16.8 Å². The number of hydrogen-bond donors (Lipinski definition) is 1. The highest BCUT2D eigenvalue weighted by Crippen LogP contribution is 2.30. The van der Waals surface area contributed by atoms with Gasteiger partial charge in [-0.2, -0.15) is 0 Å². The van der Waals surface area contributed by atoms with Crippen molar-refractivity contribution in [3.05, 3.63) is 71.1 Å². The van der Waals surface area contributed by atoms with Gasteiger partial charge in [-0.3, -0.25) is 9.59 Å². The van der Waals surface area contributed by atoms with Crippen LogP contribution < -0.4 is 5.32 Å². The summed E-state index contributed by atoms with van der Waals surface area (Å²) in [6.45, 7) is 2.28. The van der Waals surface area contributed by atoms with E-state index in [9.17, 15) is 18.4 Å². The summed E-state index contributed by atoms with van der Waals surface area (Å²) in [5.74, 6) is -2.70. The molecule has 0 spiro atoms. The van der Waals surface area contributed by atoms with Crippen molar-refractivity contribution in [3.63, 3.8) is 0 Å². The number of carbonyl (C=O) groups excluding carboxylic acids is 2. The summed E-state index contributed by atoms with van der Waals surface area (Å²) in [4.78, 5) is 31.1. The first-order valence-electron chi connectivity index (χ1n) is 9.48. The van der Waals surface area contributed by atoms with Gasteiger partial charge in [0.2, 0.25) is 11.8 Å². The van der Waals surface area contributed by atoms with Gasteiger partial charge in [0, 0.05) is 23.9 Å². The molecule has 8 heteroatoms. The van der Waals surface area contributed by atoms with Crippen LogP contribution in [0.2, 0.25) is 0 Å². The van der Waals surface area contributed by atoms with E-state index in [0.29, 0.717) is 22.9 Å². The smallest absolute Gasteiger partial charge is 0.231 e. The highest BCUT2D eigenvalue weighted by molar-refractivity contribution is 7.14. The van der Waals surface area contributed by atoms with Gasteiger partial charge < -0.3 is 10.2 Å². The molecule has 0 radical (unpaired) electrons. The number of nitrogens with one attached hydrogen (secondary N) is 1. The molecule has 0 saturated carbocycles. The zero-order valence-electron chi connectivity index (χ0n) is 16.1. The number of likely N-dealkylation sites (tertiary alicyclic amines) is 1. The standard InChI is InChI=1S/C22H19F2N3O2S/c1-13(14-5-3-2-4-6-14)27-11-16(10-20(27)28)21(29)26-22-25-19(12-30-22)15-7-8-17(23)18(24)9-15/h2-9,12-13,16H,10-11H2,1H3,(H,25,26,29). The van der Waals surface area contributed by atoms with E-state index in [1.54, 1.807) is 10.3 Å². The van der Waals surface area contributed by atoms with E-state index in [0.717, 1.165) is 17.7 Å². The van der Waals surface area contributed by atoms with Crippen molar-refractivity contribution in [1.82, 2.24) is 9.88 Å². The Bertz CT molecular complexity index is 1090. The Balaban J connectivity index is 1.42. The SMILES string of the molecule is CC(c1ccccc1)N1CC(C(=O)Nc2nc(-c3ccc(F)c(F)c3)cs2)CC1=O. The molecule has 1 fully saturated rings. The zero-order chi connectivity index (χ0) is 21.3. The lowest BCUT2D eigenvalue weighted by molar-refractivity contribution is -0.129. The molecule has 0 bridgehead atoms. The fraction of sp³-hybridized carbons (Fsp3) is 0.227. The molecule has 5 nitrogen and oxygen atoms in total. The average molecular weight is 427 g/mol. The maximum Gasteiger partial charge on any atom is 0.231 e. The molecule has 1 aliphatic rings. The van der Waals surface area contributed by atoms with E-state index < -0.39 is 17.6 Å². The number of benzene rings is 2. The van der Waals surface area contributed by atoms with Crippen molar-refractivity contribution in [2.45, 2.75) is 19.4 Å². The Morgan fingerprint density at radius 3 is 2.70 bits per heavy atom. The molecular formula is C22H19F2N3O2S. The maximum atomic E-state index is 13.4. The van der Waals surface area contributed by atoms with Crippen LogP contribution in [0.3, 0.4) is 0 Å².